The second kappa shape index (κ2) is 6.82. The number of amides is 3. The van der Waals surface area contributed by atoms with Crippen molar-refractivity contribution in [3.8, 4) is 5.75 Å². The van der Waals surface area contributed by atoms with Gasteiger partial charge in [0, 0.05) is 13.3 Å². The SMILES string of the molecule is CCOc1ccc(N2C(=O)CC3(CC(C(=O)OC)=NN3C(C)=O)C2=O)cc1. The number of methoxy groups -OCH3 is 1. The second-order valence-electron chi connectivity index (χ2n) is 6.22. The molecule has 3 amide bonds. The van der Waals surface area contributed by atoms with Crippen molar-refractivity contribution >= 4 is 35.1 Å². The van der Waals surface area contributed by atoms with Gasteiger partial charge in [-0.3, -0.25) is 14.4 Å². The lowest BCUT2D eigenvalue weighted by Gasteiger charge is -2.28. The summed E-state index contributed by atoms with van der Waals surface area (Å²) >= 11 is 0. The fourth-order valence-corrected chi connectivity index (χ4v) is 3.36. The van der Waals surface area contributed by atoms with Gasteiger partial charge < -0.3 is 9.47 Å². The van der Waals surface area contributed by atoms with E-state index in [0.717, 1.165) is 9.91 Å². The molecule has 1 unspecified atom stereocenters. The number of anilines is 1. The molecular weight excluding hydrogens is 354 g/mol. The Labute approximate surface area is 155 Å². The third-order valence-electron chi connectivity index (χ3n) is 4.51. The van der Waals surface area contributed by atoms with Gasteiger partial charge in [-0.1, -0.05) is 0 Å². The average Bonchev–Trinajstić information content (AvgIpc) is 3.14. The highest BCUT2D eigenvalue weighted by Crippen LogP contribution is 2.40. The van der Waals surface area contributed by atoms with Gasteiger partial charge in [0.2, 0.25) is 11.8 Å². The lowest BCUT2D eigenvalue weighted by atomic mass is 9.91. The first-order valence-electron chi connectivity index (χ1n) is 8.41. The maximum atomic E-state index is 13.2. The normalized spacial score (nSPS) is 21.7. The summed E-state index contributed by atoms with van der Waals surface area (Å²) < 4.78 is 10.0. The molecule has 2 heterocycles. The fourth-order valence-electron chi connectivity index (χ4n) is 3.36. The van der Waals surface area contributed by atoms with Crippen LogP contribution >= 0.6 is 0 Å². The number of esters is 1. The average molecular weight is 373 g/mol. The molecule has 0 aromatic heterocycles. The third-order valence-corrected chi connectivity index (χ3v) is 4.51. The summed E-state index contributed by atoms with van der Waals surface area (Å²) in [6.45, 7) is 3.56. The minimum Gasteiger partial charge on any atom is -0.494 e. The molecule has 0 saturated carbocycles. The maximum absolute atomic E-state index is 13.2. The molecule has 9 nitrogen and oxygen atoms in total. The number of carbonyl (C=O) groups is 4. The number of ether oxygens (including phenoxy) is 2. The Morgan fingerprint density at radius 3 is 2.41 bits per heavy atom. The summed E-state index contributed by atoms with van der Waals surface area (Å²) in [4.78, 5) is 50.7. The second-order valence-corrected chi connectivity index (χ2v) is 6.22. The molecule has 0 radical (unpaired) electrons. The van der Waals surface area contributed by atoms with E-state index in [4.69, 9.17) is 4.74 Å². The van der Waals surface area contributed by atoms with Gasteiger partial charge in [0.05, 0.1) is 25.8 Å². The van der Waals surface area contributed by atoms with Crippen molar-refractivity contribution in [2.75, 3.05) is 18.6 Å². The van der Waals surface area contributed by atoms with Crippen LogP contribution in [-0.4, -0.2) is 53.7 Å². The summed E-state index contributed by atoms with van der Waals surface area (Å²) in [5, 5.41) is 4.88. The monoisotopic (exact) mass is 373 g/mol. The van der Waals surface area contributed by atoms with Crippen molar-refractivity contribution in [1.29, 1.82) is 0 Å². The summed E-state index contributed by atoms with van der Waals surface area (Å²) in [6, 6.07) is 6.49. The Morgan fingerprint density at radius 2 is 1.85 bits per heavy atom. The Balaban J connectivity index is 1.95. The lowest BCUT2D eigenvalue weighted by molar-refractivity contribution is -0.141. The molecule has 1 spiro atoms. The van der Waals surface area contributed by atoms with E-state index in [0.29, 0.717) is 18.0 Å². The van der Waals surface area contributed by atoms with Crippen LogP contribution in [0.2, 0.25) is 0 Å². The predicted molar refractivity (Wildman–Crippen MR) is 94.0 cm³/mol. The number of imide groups is 1. The van der Waals surface area contributed by atoms with Gasteiger partial charge in [-0.2, -0.15) is 5.10 Å². The first kappa shape index (κ1) is 18.6. The minimum absolute atomic E-state index is 0.0672. The Kier molecular flexibility index (Phi) is 4.69. The summed E-state index contributed by atoms with van der Waals surface area (Å²) in [7, 11) is 1.18. The van der Waals surface area contributed by atoms with Gasteiger partial charge in [-0.15, -0.1) is 0 Å². The van der Waals surface area contributed by atoms with E-state index < -0.39 is 29.2 Å². The summed E-state index contributed by atoms with van der Waals surface area (Å²) in [6.07, 6.45) is -0.431. The Bertz CT molecular complexity index is 847. The van der Waals surface area contributed by atoms with Gasteiger partial charge in [-0.05, 0) is 31.2 Å². The van der Waals surface area contributed by atoms with Crippen LogP contribution in [0.1, 0.15) is 26.7 Å². The van der Waals surface area contributed by atoms with Crippen molar-refractivity contribution in [2.24, 2.45) is 5.10 Å². The number of hydrogen-bond acceptors (Lipinski definition) is 7. The Morgan fingerprint density at radius 1 is 1.19 bits per heavy atom. The van der Waals surface area contributed by atoms with Crippen molar-refractivity contribution in [1.82, 2.24) is 5.01 Å². The van der Waals surface area contributed by atoms with Gasteiger partial charge in [0.15, 0.2) is 5.54 Å². The molecule has 1 saturated heterocycles. The van der Waals surface area contributed by atoms with E-state index in [1.165, 1.54) is 14.0 Å². The van der Waals surface area contributed by atoms with Crippen LogP contribution in [0.5, 0.6) is 5.75 Å². The van der Waals surface area contributed by atoms with Crippen LogP contribution in [-0.2, 0) is 23.9 Å². The molecule has 1 aromatic rings. The quantitative estimate of drug-likeness (QED) is 0.573. The van der Waals surface area contributed by atoms with E-state index in [1.807, 2.05) is 6.92 Å². The number of benzene rings is 1. The van der Waals surface area contributed by atoms with Gasteiger partial charge in [0.25, 0.3) is 5.91 Å². The molecule has 9 heteroatoms. The topological polar surface area (TPSA) is 106 Å². The number of hydrogen-bond donors (Lipinski definition) is 0. The van der Waals surface area contributed by atoms with E-state index in [9.17, 15) is 19.2 Å². The molecular formula is C18H19N3O6. The van der Waals surface area contributed by atoms with Gasteiger partial charge in [0.1, 0.15) is 11.5 Å². The number of rotatable bonds is 4. The molecule has 0 N–H and O–H groups in total. The van der Waals surface area contributed by atoms with E-state index in [2.05, 4.69) is 9.84 Å². The van der Waals surface area contributed by atoms with Crippen molar-refractivity contribution in [3.63, 3.8) is 0 Å². The van der Waals surface area contributed by atoms with Gasteiger partial charge >= 0.3 is 5.97 Å². The largest absolute Gasteiger partial charge is 0.494 e. The number of carbonyl (C=O) groups excluding carboxylic acids is 4. The van der Waals surface area contributed by atoms with E-state index in [1.54, 1.807) is 24.3 Å². The molecule has 0 aliphatic carbocycles. The van der Waals surface area contributed by atoms with Crippen molar-refractivity contribution in [3.05, 3.63) is 24.3 Å². The minimum atomic E-state index is -1.54. The molecule has 1 fully saturated rings. The van der Waals surface area contributed by atoms with Crippen molar-refractivity contribution in [2.45, 2.75) is 32.2 Å². The number of nitrogens with zero attached hydrogens (tertiary/aromatic N) is 3. The maximum Gasteiger partial charge on any atom is 0.354 e. The zero-order valence-corrected chi connectivity index (χ0v) is 15.2. The highest BCUT2D eigenvalue weighted by Gasteiger charge is 2.61. The molecule has 1 atom stereocenters. The Hall–Kier alpha value is -3.23. The lowest BCUT2D eigenvalue weighted by Crippen LogP contribution is -2.51. The van der Waals surface area contributed by atoms with Crippen LogP contribution in [0.3, 0.4) is 0 Å². The van der Waals surface area contributed by atoms with Crippen LogP contribution in [0.15, 0.2) is 29.4 Å². The van der Waals surface area contributed by atoms with E-state index >= 15 is 0 Å². The van der Waals surface area contributed by atoms with Crippen LogP contribution in [0, 0.1) is 0 Å². The molecule has 3 rings (SSSR count). The smallest absolute Gasteiger partial charge is 0.354 e. The molecule has 2 aliphatic heterocycles. The number of hydrazone groups is 1. The van der Waals surface area contributed by atoms with Crippen molar-refractivity contribution < 1.29 is 28.7 Å². The van der Waals surface area contributed by atoms with E-state index in [-0.39, 0.29) is 18.6 Å². The zero-order chi connectivity index (χ0) is 19.8. The molecule has 27 heavy (non-hydrogen) atoms. The molecule has 1 aromatic carbocycles. The van der Waals surface area contributed by atoms with Crippen LogP contribution in [0.25, 0.3) is 0 Å². The highest BCUT2D eigenvalue weighted by molar-refractivity contribution is 6.39. The third kappa shape index (κ3) is 2.94. The van der Waals surface area contributed by atoms with Crippen LogP contribution in [0.4, 0.5) is 5.69 Å². The molecule has 0 bridgehead atoms. The van der Waals surface area contributed by atoms with Crippen LogP contribution < -0.4 is 9.64 Å². The highest BCUT2D eigenvalue weighted by atomic mass is 16.5. The summed E-state index contributed by atoms with van der Waals surface area (Å²) in [5.41, 5.74) is -1.24. The molecule has 2 aliphatic rings. The first-order valence-corrected chi connectivity index (χ1v) is 8.41. The molecule has 142 valence electrons. The van der Waals surface area contributed by atoms with Gasteiger partial charge in [-0.25, -0.2) is 14.7 Å². The fraction of sp³-hybridized carbons (Fsp3) is 0.389. The predicted octanol–water partition coefficient (Wildman–Crippen LogP) is 0.869. The zero-order valence-electron chi connectivity index (χ0n) is 15.2. The standard InChI is InChI=1S/C18H19N3O6/c1-4-27-13-7-5-12(6-8-13)20-15(23)10-18(17(20)25)9-14(16(24)26-3)19-21(18)11(2)22/h5-8H,4,9-10H2,1-3H3. The first-order chi connectivity index (χ1) is 12.8. The summed E-state index contributed by atoms with van der Waals surface area (Å²) in [5.74, 6) is -1.75.